The normalized spacial score (nSPS) is 22.0. The highest BCUT2D eigenvalue weighted by Gasteiger charge is 2.29. The zero-order valence-electron chi connectivity index (χ0n) is 13.8. The smallest absolute Gasteiger partial charge is 0.234 e. The van der Waals surface area contributed by atoms with Crippen LogP contribution in [0.25, 0.3) is 0 Å². The first kappa shape index (κ1) is 17.0. The lowest BCUT2D eigenvalue weighted by atomic mass is 10.0. The van der Waals surface area contributed by atoms with Crippen LogP contribution in [0.5, 0.6) is 0 Å². The van der Waals surface area contributed by atoms with Gasteiger partial charge in [-0.2, -0.15) is 0 Å². The van der Waals surface area contributed by atoms with Crippen LogP contribution in [0.3, 0.4) is 0 Å². The van der Waals surface area contributed by atoms with Gasteiger partial charge in [0.1, 0.15) is 11.9 Å². The molecule has 2 heterocycles. The van der Waals surface area contributed by atoms with Crippen LogP contribution in [-0.2, 0) is 4.79 Å². The number of nitrogens with zero attached hydrogens (tertiary/aromatic N) is 1. The van der Waals surface area contributed by atoms with Crippen molar-refractivity contribution in [3.8, 4) is 0 Å². The second kappa shape index (κ2) is 7.79. The molecule has 22 heavy (non-hydrogen) atoms. The van der Waals surface area contributed by atoms with Crippen molar-refractivity contribution < 1.29 is 14.3 Å². The van der Waals surface area contributed by atoms with Crippen LogP contribution in [0.4, 0.5) is 0 Å². The number of furan rings is 1. The van der Waals surface area contributed by atoms with Gasteiger partial charge in [-0.05, 0) is 50.8 Å². The third-order valence-corrected chi connectivity index (χ3v) is 4.60. The fourth-order valence-corrected chi connectivity index (χ4v) is 2.88. The number of likely N-dealkylation sites (tertiary alicyclic amines) is 1. The number of aliphatic hydroxyl groups excluding tert-OH is 1. The van der Waals surface area contributed by atoms with E-state index < -0.39 is 6.10 Å². The highest BCUT2D eigenvalue weighted by molar-refractivity contribution is 5.78. The Hall–Kier alpha value is -1.33. The third-order valence-electron chi connectivity index (χ3n) is 4.60. The lowest BCUT2D eigenvalue weighted by Gasteiger charge is -2.26. The first-order valence-corrected chi connectivity index (χ1v) is 8.22. The Labute approximate surface area is 132 Å². The highest BCUT2D eigenvalue weighted by atomic mass is 16.4. The molecule has 2 rings (SSSR count). The van der Waals surface area contributed by atoms with E-state index in [1.165, 1.54) is 0 Å². The molecular formula is C17H28N2O3. The van der Waals surface area contributed by atoms with Crippen LogP contribution in [0.1, 0.15) is 51.9 Å². The van der Waals surface area contributed by atoms with E-state index in [1.54, 1.807) is 18.4 Å². The van der Waals surface area contributed by atoms with Gasteiger partial charge in [-0.15, -0.1) is 0 Å². The molecule has 3 unspecified atom stereocenters. The molecule has 3 atom stereocenters. The number of carbonyl (C=O) groups excluding carboxylic acids is 1. The van der Waals surface area contributed by atoms with E-state index >= 15 is 0 Å². The van der Waals surface area contributed by atoms with Crippen LogP contribution >= 0.6 is 0 Å². The van der Waals surface area contributed by atoms with Crippen molar-refractivity contribution in [2.75, 3.05) is 13.1 Å². The summed E-state index contributed by atoms with van der Waals surface area (Å²) in [6, 6.07) is 4.00. The predicted octanol–water partition coefficient (Wildman–Crippen LogP) is 2.33. The van der Waals surface area contributed by atoms with Gasteiger partial charge in [-0.3, -0.25) is 9.69 Å². The zero-order valence-corrected chi connectivity index (χ0v) is 13.8. The Bertz CT molecular complexity index is 458. The molecule has 0 radical (unpaired) electrons. The summed E-state index contributed by atoms with van der Waals surface area (Å²) in [5.74, 6) is 1.10. The quantitative estimate of drug-likeness (QED) is 0.811. The molecule has 1 fully saturated rings. The van der Waals surface area contributed by atoms with Crippen LogP contribution in [-0.4, -0.2) is 41.1 Å². The van der Waals surface area contributed by atoms with Crippen molar-refractivity contribution in [2.45, 2.75) is 58.2 Å². The van der Waals surface area contributed by atoms with E-state index in [0.717, 1.165) is 19.4 Å². The molecule has 0 saturated carbocycles. The summed E-state index contributed by atoms with van der Waals surface area (Å²) in [4.78, 5) is 14.3. The molecule has 1 amide bonds. The highest BCUT2D eigenvalue weighted by Crippen LogP contribution is 2.27. The molecule has 0 bridgehead atoms. The molecule has 124 valence electrons. The minimum atomic E-state index is -0.599. The fraction of sp³-hybridized carbons (Fsp3) is 0.706. The Morgan fingerprint density at radius 3 is 2.91 bits per heavy atom. The molecule has 0 aromatic carbocycles. The van der Waals surface area contributed by atoms with Crippen molar-refractivity contribution >= 4 is 5.91 Å². The second-order valence-corrected chi connectivity index (χ2v) is 6.63. The van der Waals surface area contributed by atoms with Gasteiger partial charge in [-0.1, -0.05) is 13.8 Å². The van der Waals surface area contributed by atoms with Gasteiger partial charge in [0, 0.05) is 12.1 Å². The SMILES string of the molecule is CC(C)C(C)NC(=O)CN1CCCC1CC(O)c1ccco1. The number of hydrogen-bond donors (Lipinski definition) is 2. The van der Waals surface area contributed by atoms with Crippen molar-refractivity contribution in [3.05, 3.63) is 24.2 Å². The maximum absolute atomic E-state index is 12.1. The molecular weight excluding hydrogens is 280 g/mol. The molecule has 5 nitrogen and oxygen atoms in total. The molecule has 2 N–H and O–H groups in total. The molecule has 5 heteroatoms. The summed E-state index contributed by atoms with van der Waals surface area (Å²) < 4.78 is 5.25. The number of carbonyl (C=O) groups is 1. The van der Waals surface area contributed by atoms with E-state index in [4.69, 9.17) is 4.42 Å². The summed E-state index contributed by atoms with van der Waals surface area (Å²) in [5.41, 5.74) is 0. The van der Waals surface area contributed by atoms with E-state index in [-0.39, 0.29) is 18.0 Å². The van der Waals surface area contributed by atoms with Gasteiger partial charge in [-0.25, -0.2) is 0 Å². The lowest BCUT2D eigenvalue weighted by molar-refractivity contribution is -0.123. The maximum atomic E-state index is 12.1. The Morgan fingerprint density at radius 2 is 2.27 bits per heavy atom. The minimum absolute atomic E-state index is 0.0700. The number of amides is 1. The van der Waals surface area contributed by atoms with Gasteiger partial charge < -0.3 is 14.8 Å². The van der Waals surface area contributed by atoms with E-state index in [0.29, 0.717) is 24.6 Å². The van der Waals surface area contributed by atoms with Crippen LogP contribution in [0.15, 0.2) is 22.8 Å². The standard InChI is InChI=1S/C17H28N2O3/c1-12(2)13(3)18-17(21)11-19-8-4-6-14(19)10-15(20)16-7-5-9-22-16/h5,7,9,12-15,20H,4,6,8,10-11H2,1-3H3,(H,18,21). The predicted molar refractivity (Wildman–Crippen MR) is 85.3 cm³/mol. The zero-order chi connectivity index (χ0) is 16.1. The van der Waals surface area contributed by atoms with Crippen LogP contribution < -0.4 is 5.32 Å². The van der Waals surface area contributed by atoms with Crippen molar-refractivity contribution in [2.24, 2.45) is 5.92 Å². The van der Waals surface area contributed by atoms with E-state index in [2.05, 4.69) is 24.1 Å². The summed E-state index contributed by atoms with van der Waals surface area (Å²) in [5, 5.41) is 13.3. The molecule has 0 spiro atoms. The van der Waals surface area contributed by atoms with Crippen molar-refractivity contribution in [1.29, 1.82) is 0 Å². The first-order valence-electron chi connectivity index (χ1n) is 8.22. The minimum Gasteiger partial charge on any atom is -0.467 e. The van der Waals surface area contributed by atoms with Gasteiger partial charge in [0.05, 0.1) is 12.8 Å². The first-order chi connectivity index (χ1) is 10.5. The number of rotatable bonds is 7. The fourth-order valence-electron chi connectivity index (χ4n) is 2.88. The van der Waals surface area contributed by atoms with Gasteiger partial charge >= 0.3 is 0 Å². The Kier molecular flexibility index (Phi) is 6.03. The van der Waals surface area contributed by atoms with Gasteiger partial charge in [0.2, 0.25) is 5.91 Å². The summed E-state index contributed by atoms with van der Waals surface area (Å²) in [6.45, 7) is 7.56. The van der Waals surface area contributed by atoms with Crippen molar-refractivity contribution in [1.82, 2.24) is 10.2 Å². The number of hydrogen-bond acceptors (Lipinski definition) is 4. The summed E-state index contributed by atoms with van der Waals surface area (Å²) in [6.07, 6.45) is 3.68. The summed E-state index contributed by atoms with van der Waals surface area (Å²) >= 11 is 0. The lowest BCUT2D eigenvalue weighted by Crippen LogP contribution is -2.44. The van der Waals surface area contributed by atoms with Gasteiger partial charge in [0.15, 0.2) is 0 Å². The van der Waals surface area contributed by atoms with E-state index in [9.17, 15) is 9.90 Å². The maximum Gasteiger partial charge on any atom is 0.234 e. The molecule has 1 saturated heterocycles. The van der Waals surface area contributed by atoms with E-state index in [1.807, 2.05) is 6.92 Å². The van der Waals surface area contributed by atoms with Gasteiger partial charge in [0.25, 0.3) is 0 Å². The summed E-state index contributed by atoms with van der Waals surface area (Å²) in [7, 11) is 0. The Morgan fingerprint density at radius 1 is 1.50 bits per heavy atom. The van der Waals surface area contributed by atoms with Crippen LogP contribution in [0.2, 0.25) is 0 Å². The average molecular weight is 308 g/mol. The third kappa shape index (κ3) is 4.58. The molecule has 1 aromatic rings. The molecule has 1 aliphatic rings. The Balaban J connectivity index is 1.84. The van der Waals surface area contributed by atoms with Crippen LogP contribution in [0, 0.1) is 5.92 Å². The largest absolute Gasteiger partial charge is 0.467 e. The monoisotopic (exact) mass is 308 g/mol. The topological polar surface area (TPSA) is 65.7 Å². The van der Waals surface area contributed by atoms with Crippen molar-refractivity contribution in [3.63, 3.8) is 0 Å². The second-order valence-electron chi connectivity index (χ2n) is 6.63. The average Bonchev–Trinajstić information content (AvgIpc) is 3.10. The number of nitrogens with one attached hydrogen (secondary N) is 1. The molecule has 1 aliphatic heterocycles. The molecule has 1 aromatic heterocycles. The number of aliphatic hydroxyl groups is 1. The molecule has 0 aliphatic carbocycles.